The van der Waals surface area contributed by atoms with Gasteiger partial charge < -0.3 is 10.1 Å². The van der Waals surface area contributed by atoms with E-state index in [4.69, 9.17) is 5.11 Å². The van der Waals surface area contributed by atoms with Crippen molar-refractivity contribution in [2.45, 2.75) is 18.5 Å². The number of hydrogen-bond acceptors (Lipinski definition) is 5. The summed E-state index contributed by atoms with van der Waals surface area (Å²) < 4.78 is 26.1. The lowest BCUT2D eigenvalue weighted by atomic mass is 10.2. The van der Waals surface area contributed by atoms with Gasteiger partial charge in [-0.25, -0.2) is 22.9 Å². The SMILES string of the molecule is Cc1ncc(S(=O)(=O)NCc2cc(C(=O)O)ccn2)[nH]1. The van der Waals surface area contributed by atoms with E-state index in [-0.39, 0.29) is 17.1 Å². The molecule has 0 aliphatic heterocycles. The van der Waals surface area contributed by atoms with Crippen LogP contribution in [-0.4, -0.2) is 34.4 Å². The van der Waals surface area contributed by atoms with Gasteiger partial charge in [0, 0.05) is 6.20 Å². The van der Waals surface area contributed by atoms with E-state index in [1.807, 2.05) is 0 Å². The molecule has 2 rings (SSSR count). The van der Waals surface area contributed by atoms with Crippen LogP contribution < -0.4 is 4.72 Å². The van der Waals surface area contributed by atoms with Crippen molar-refractivity contribution in [2.24, 2.45) is 0 Å². The summed E-state index contributed by atoms with van der Waals surface area (Å²) in [5, 5.41) is 8.79. The van der Waals surface area contributed by atoms with Crippen LogP contribution in [-0.2, 0) is 16.6 Å². The van der Waals surface area contributed by atoms with Crippen LogP contribution >= 0.6 is 0 Å². The molecule has 8 nitrogen and oxygen atoms in total. The van der Waals surface area contributed by atoms with E-state index in [0.29, 0.717) is 11.5 Å². The van der Waals surface area contributed by atoms with Gasteiger partial charge in [-0.1, -0.05) is 0 Å². The minimum atomic E-state index is -3.73. The Hall–Kier alpha value is -2.26. The highest BCUT2D eigenvalue weighted by atomic mass is 32.2. The van der Waals surface area contributed by atoms with Gasteiger partial charge in [-0.05, 0) is 19.1 Å². The van der Waals surface area contributed by atoms with E-state index in [1.165, 1.54) is 24.5 Å². The fourth-order valence-corrected chi connectivity index (χ4v) is 2.46. The van der Waals surface area contributed by atoms with E-state index < -0.39 is 16.0 Å². The minimum absolute atomic E-state index is 0.0478. The zero-order valence-electron chi connectivity index (χ0n) is 10.5. The molecule has 106 valence electrons. The van der Waals surface area contributed by atoms with Gasteiger partial charge >= 0.3 is 5.97 Å². The average molecular weight is 296 g/mol. The van der Waals surface area contributed by atoms with Crippen molar-refractivity contribution < 1.29 is 18.3 Å². The van der Waals surface area contributed by atoms with Crippen LogP contribution in [0.4, 0.5) is 0 Å². The number of pyridine rings is 1. The second-order valence-corrected chi connectivity index (χ2v) is 5.73. The molecule has 0 amide bonds. The number of carboxylic acid groups (broad SMARTS) is 1. The number of rotatable bonds is 5. The summed E-state index contributed by atoms with van der Waals surface area (Å²) in [6.07, 6.45) is 2.52. The lowest BCUT2D eigenvalue weighted by Crippen LogP contribution is -2.24. The number of H-pyrrole nitrogens is 1. The molecule has 0 aliphatic carbocycles. The molecular weight excluding hydrogens is 284 g/mol. The fraction of sp³-hybridized carbons (Fsp3) is 0.182. The molecule has 0 aliphatic rings. The summed E-state index contributed by atoms with van der Waals surface area (Å²) in [4.78, 5) is 21.1. The minimum Gasteiger partial charge on any atom is -0.478 e. The molecule has 0 unspecified atom stereocenters. The number of imidazole rings is 1. The third kappa shape index (κ3) is 3.19. The molecule has 0 atom stereocenters. The number of carbonyl (C=O) groups is 1. The number of aromatic carboxylic acids is 1. The zero-order chi connectivity index (χ0) is 14.8. The van der Waals surface area contributed by atoms with Crippen molar-refractivity contribution in [3.8, 4) is 0 Å². The van der Waals surface area contributed by atoms with E-state index in [1.54, 1.807) is 6.92 Å². The lowest BCUT2D eigenvalue weighted by Gasteiger charge is -2.04. The molecule has 2 aromatic heterocycles. The molecule has 0 fully saturated rings. The molecule has 3 N–H and O–H groups in total. The zero-order valence-corrected chi connectivity index (χ0v) is 11.3. The van der Waals surface area contributed by atoms with Gasteiger partial charge in [0.05, 0.1) is 24.0 Å². The number of sulfonamides is 1. The van der Waals surface area contributed by atoms with Crippen molar-refractivity contribution in [1.29, 1.82) is 0 Å². The number of aryl methyl sites for hydroxylation is 1. The topological polar surface area (TPSA) is 125 Å². The number of hydrogen-bond donors (Lipinski definition) is 3. The molecule has 0 saturated carbocycles. The van der Waals surface area contributed by atoms with Crippen LogP contribution in [0.5, 0.6) is 0 Å². The van der Waals surface area contributed by atoms with Crippen LogP contribution in [0.2, 0.25) is 0 Å². The Morgan fingerprint density at radius 3 is 2.80 bits per heavy atom. The first-order valence-corrected chi connectivity index (χ1v) is 7.06. The van der Waals surface area contributed by atoms with Crippen LogP contribution in [0.3, 0.4) is 0 Å². The summed E-state index contributed by atoms with van der Waals surface area (Å²) in [6, 6.07) is 2.64. The normalized spacial score (nSPS) is 11.4. The Bertz CT molecular complexity index is 738. The van der Waals surface area contributed by atoms with Gasteiger partial charge in [0.1, 0.15) is 5.82 Å². The van der Waals surface area contributed by atoms with Crippen LogP contribution in [0.15, 0.2) is 29.6 Å². The molecule has 0 aromatic carbocycles. The van der Waals surface area contributed by atoms with Gasteiger partial charge in [0.25, 0.3) is 10.0 Å². The Morgan fingerprint density at radius 1 is 1.45 bits per heavy atom. The largest absolute Gasteiger partial charge is 0.478 e. The molecule has 0 radical (unpaired) electrons. The van der Waals surface area contributed by atoms with Gasteiger partial charge in [-0.3, -0.25) is 4.98 Å². The highest BCUT2D eigenvalue weighted by Crippen LogP contribution is 2.07. The van der Waals surface area contributed by atoms with Crippen molar-refractivity contribution in [3.63, 3.8) is 0 Å². The van der Waals surface area contributed by atoms with E-state index >= 15 is 0 Å². The summed E-state index contributed by atoms with van der Waals surface area (Å²) in [5.74, 6) is -0.614. The predicted molar refractivity (Wildman–Crippen MR) is 68.5 cm³/mol. The Labute approximate surface area is 114 Å². The summed E-state index contributed by atoms with van der Waals surface area (Å²) >= 11 is 0. The first-order valence-electron chi connectivity index (χ1n) is 5.58. The average Bonchev–Trinajstić information content (AvgIpc) is 2.84. The summed E-state index contributed by atoms with van der Waals surface area (Å²) in [7, 11) is -3.73. The van der Waals surface area contributed by atoms with E-state index in [9.17, 15) is 13.2 Å². The highest BCUT2D eigenvalue weighted by molar-refractivity contribution is 7.89. The van der Waals surface area contributed by atoms with Crippen LogP contribution in [0.1, 0.15) is 21.9 Å². The standard InChI is InChI=1S/C11H12N4O4S/c1-7-13-6-10(15-7)20(18,19)14-5-9-4-8(11(16)17)2-3-12-9/h2-4,6,14H,5H2,1H3,(H,13,15)(H,16,17). The summed E-state index contributed by atoms with van der Waals surface area (Å²) in [5.41, 5.74) is 0.358. The molecule has 0 saturated heterocycles. The molecule has 0 spiro atoms. The van der Waals surface area contributed by atoms with Crippen molar-refractivity contribution in [2.75, 3.05) is 0 Å². The first kappa shape index (κ1) is 14.2. The maximum Gasteiger partial charge on any atom is 0.335 e. The molecule has 2 heterocycles. The second-order valence-electron chi connectivity index (χ2n) is 4.00. The maximum absolute atomic E-state index is 11.9. The smallest absolute Gasteiger partial charge is 0.335 e. The van der Waals surface area contributed by atoms with Crippen molar-refractivity contribution in [3.05, 3.63) is 41.6 Å². The van der Waals surface area contributed by atoms with Gasteiger partial charge in [-0.15, -0.1) is 0 Å². The van der Waals surface area contributed by atoms with Crippen LogP contribution in [0, 0.1) is 6.92 Å². The first-order chi connectivity index (χ1) is 9.38. The van der Waals surface area contributed by atoms with Gasteiger partial charge in [0.2, 0.25) is 0 Å². The summed E-state index contributed by atoms with van der Waals surface area (Å²) in [6.45, 7) is 1.53. The Balaban J connectivity index is 2.12. The number of carboxylic acids is 1. The molecular formula is C11H12N4O4S. The molecule has 20 heavy (non-hydrogen) atoms. The van der Waals surface area contributed by atoms with E-state index in [2.05, 4.69) is 19.7 Å². The monoisotopic (exact) mass is 296 g/mol. The van der Waals surface area contributed by atoms with E-state index in [0.717, 1.165) is 0 Å². The molecule has 9 heteroatoms. The highest BCUT2D eigenvalue weighted by Gasteiger charge is 2.16. The Kier molecular flexibility index (Phi) is 3.81. The fourth-order valence-electron chi connectivity index (χ4n) is 1.49. The van der Waals surface area contributed by atoms with Crippen molar-refractivity contribution >= 4 is 16.0 Å². The predicted octanol–water partition coefficient (Wildman–Crippen LogP) is 0.290. The van der Waals surface area contributed by atoms with Gasteiger partial charge in [0.15, 0.2) is 5.03 Å². The number of aromatic amines is 1. The number of nitrogens with zero attached hydrogens (tertiary/aromatic N) is 2. The Morgan fingerprint density at radius 2 is 2.20 bits per heavy atom. The number of nitrogens with one attached hydrogen (secondary N) is 2. The third-order valence-corrected chi connectivity index (χ3v) is 3.79. The molecule has 0 bridgehead atoms. The molecule has 2 aromatic rings. The maximum atomic E-state index is 11.9. The third-order valence-electron chi connectivity index (χ3n) is 2.48. The number of aromatic nitrogens is 3. The lowest BCUT2D eigenvalue weighted by molar-refractivity contribution is 0.0696. The second kappa shape index (κ2) is 5.39. The van der Waals surface area contributed by atoms with Crippen molar-refractivity contribution in [1.82, 2.24) is 19.7 Å². The van der Waals surface area contributed by atoms with Gasteiger partial charge in [-0.2, -0.15) is 0 Å². The van der Waals surface area contributed by atoms with Crippen LogP contribution in [0.25, 0.3) is 0 Å². The quantitative estimate of drug-likeness (QED) is 0.728.